The Hall–Kier alpha value is -2.03. The maximum Gasteiger partial charge on any atom is 0.303 e. The van der Waals surface area contributed by atoms with Crippen LogP contribution < -0.4 is 0 Å². The Bertz CT molecular complexity index is 467. The second-order valence-electron chi connectivity index (χ2n) is 5.60. The molecule has 1 N–H and O–H groups in total. The second-order valence-corrected chi connectivity index (χ2v) is 5.60. The number of hydrogen-bond acceptors (Lipinski definition) is 2. The maximum absolute atomic E-state index is 10.3. The van der Waals surface area contributed by atoms with Crippen molar-refractivity contribution in [3.8, 4) is 0 Å². The molecule has 3 nitrogen and oxygen atoms in total. The number of aliphatic carboxylic acids is 1. The number of ether oxygens (including phenoxy) is 1. The molecule has 0 atom stereocenters. The molecule has 0 aromatic heterocycles. The second kappa shape index (κ2) is 13.6. The van der Waals surface area contributed by atoms with Gasteiger partial charge in [0.15, 0.2) is 5.76 Å². The van der Waals surface area contributed by atoms with E-state index in [0.717, 1.165) is 31.4 Å². The smallest absolute Gasteiger partial charge is 0.303 e. The first-order chi connectivity index (χ1) is 11.3. The molecule has 126 valence electrons. The van der Waals surface area contributed by atoms with Crippen LogP contribution in [0.15, 0.2) is 60.6 Å². The molecule has 0 saturated heterocycles. The van der Waals surface area contributed by atoms with E-state index in [-0.39, 0.29) is 0 Å². The van der Waals surface area contributed by atoms with Crippen molar-refractivity contribution in [1.29, 1.82) is 0 Å². The maximum atomic E-state index is 10.3. The Morgan fingerprint density at radius 3 is 2.09 bits per heavy atom. The first kappa shape index (κ1) is 19.0. The highest BCUT2D eigenvalue weighted by Gasteiger charge is 2.01. The van der Waals surface area contributed by atoms with Gasteiger partial charge in [-0.3, -0.25) is 4.79 Å². The third-order valence-corrected chi connectivity index (χ3v) is 3.47. The Kier molecular flexibility index (Phi) is 11.3. The molecule has 0 spiro atoms. The van der Waals surface area contributed by atoms with Crippen molar-refractivity contribution < 1.29 is 14.6 Å². The molecule has 1 rings (SSSR count). The monoisotopic (exact) mass is 316 g/mol. The molecular formula is C20H28O3. The molecule has 1 heterocycles. The summed E-state index contributed by atoms with van der Waals surface area (Å²) in [6.45, 7) is 0. The van der Waals surface area contributed by atoms with Crippen LogP contribution in [0.25, 0.3) is 0 Å². The lowest BCUT2D eigenvalue weighted by molar-refractivity contribution is -0.137. The fraction of sp³-hybridized carbons (Fsp3) is 0.450. The largest absolute Gasteiger partial charge is 0.481 e. The zero-order chi connectivity index (χ0) is 16.6. The Balaban J connectivity index is 1.82. The highest BCUT2D eigenvalue weighted by molar-refractivity contribution is 5.66. The van der Waals surface area contributed by atoms with Gasteiger partial charge in [-0.25, -0.2) is 0 Å². The van der Waals surface area contributed by atoms with Crippen molar-refractivity contribution in [2.45, 2.75) is 57.8 Å². The minimum Gasteiger partial charge on any atom is -0.481 e. The molecule has 0 radical (unpaired) electrons. The summed E-state index contributed by atoms with van der Waals surface area (Å²) in [4.78, 5) is 10.3. The topological polar surface area (TPSA) is 49.8 Å². The van der Waals surface area contributed by atoms with Gasteiger partial charge in [0.25, 0.3) is 0 Å². The average molecular weight is 316 g/mol. The van der Waals surface area contributed by atoms with Crippen LogP contribution in [0.3, 0.4) is 0 Å². The minimum atomic E-state index is -0.677. The van der Waals surface area contributed by atoms with Crippen LogP contribution >= 0.6 is 0 Å². The van der Waals surface area contributed by atoms with Gasteiger partial charge in [0.05, 0.1) is 0 Å². The van der Waals surface area contributed by atoms with Crippen molar-refractivity contribution in [2.24, 2.45) is 0 Å². The van der Waals surface area contributed by atoms with E-state index in [0.29, 0.717) is 6.42 Å². The quantitative estimate of drug-likeness (QED) is 0.331. The number of hydrogen-bond donors (Lipinski definition) is 1. The van der Waals surface area contributed by atoms with Crippen molar-refractivity contribution >= 4 is 5.97 Å². The molecule has 0 aliphatic carbocycles. The zero-order valence-corrected chi connectivity index (χ0v) is 13.8. The van der Waals surface area contributed by atoms with E-state index < -0.39 is 5.97 Å². The Labute approximate surface area is 139 Å². The lowest BCUT2D eigenvalue weighted by atomic mass is 10.1. The third-order valence-electron chi connectivity index (χ3n) is 3.47. The molecule has 23 heavy (non-hydrogen) atoms. The predicted molar refractivity (Wildman–Crippen MR) is 94.9 cm³/mol. The minimum absolute atomic E-state index is 0.316. The van der Waals surface area contributed by atoms with Crippen LogP contribution in [0.4, 0.5) is 0 Å². The van der Waals surface area contributed by atoms with Gasteiger partial charge in [-0.15, -0.1) is 0 Å². The highest BCUT2D eigenvalue weighted by atomic mass is 16.5. The number of carboxylic acid groups (broad SMARTS) is 1. The normalized spacial score (nSPS) is 14.2. The number of carbonyl (C=O) groups is 1. The van der Waals surface area contributed by atoms with Gasteiger partial charge in [0.2, 0.25) is 0 Å². The van der Waals surface area contributed by atoms with Gasteiger partial charge < -0.3 is 9.84 Å². The summed E-state index contributed by atoms with van der Waals surface area (Å²) in [6, 6.07) is 0. The molecule has 3 heteroatoms. The number of rotatable bonds is 14. The first-order valence-corrected chi connectivity index (χ1v) is 8.54. The molecule has 1 aliphatic heterocycles. The van der Waals surface area contributed by atoms with Crippen LogP contribution in [0.5, 0.6) is 0 Å². The molecule has 0 unspecified atom stereocenters. The van der Waals surface area contributed by atoms with Crippen molar-refractivity contribution in [1.82, 2.24) is 0 Å². The summed E-state index contributed by atoms with van der Waals surface area (Å²) in [6.07, 6.45) is 27.3. The Morgan fingerprint density at radius 1 is 0.870 bits per heavy atom. The highest BCUT2D eigenvalue weighted by Crippen LogP contribution is 2.13. The van der Waals surface area contributed by atoms with Gasteiger partial charge in [-0.2, -0.15) is 0 Å². The third kappa shape index (κ3) is 14.7. The fourth-order valence-corrected chi connectivity index (χ4v) is 2.12. The Morgan fingerprint density at radius 2 is 1.43 bits per heavy atom. The standard InChI is InChI=1S/C20H28O3/c21-20(22)17-15-13-11-9-7-5-3-1-2-4-6-8-10-12-14-16-19-18-23-19/h2,4,6,8,10,12,14,16,18H,1,3,5,7,9,11,13,15,17H2,(H,21,22). The van der Waals surface area contributed by atoms with Crippen LogP contribution in [-0.2, 0) is 9.53 Å². The zero-order valence-electron chi connectivity index (χ0n) is 13.8. The van der Waals surface area contributed by atoms with E-state index in [1.165, 1.54) is 25.7 Å². The van der Waals surface area contributed by atoms with Gasteiger partial charge in [0.1, 0.15) is 6.26 Å². The van der Waals surface area contributed by atoms with Crippen LogP contribution in [0, 0.1) is 0 Å². The van der Waals surface area contributed by atoms with Crippen molar-refractivity contribution in [2.75, 3.05) is 0 Å². The lowest BCUT2D eigenvalue weighted by Gasteiger charge is -1.99. The number of allylic oxidation sites excluding steroid dienone is 8. The van der Waals surface area contributed by atoms with Crippen LogP contribution in [-0.4, -0.2) is 11.1 Å². The lowest BCUT2D eigenvalue weighted by Crippen LogP contribution is -1.93. The summed E-state index contributed by atoms with van der Waals surface area (Å²) in [5.74, 6) is 0.252. The molecule has 0 amide bonds. The summed E-state index contributed by atoms with van der Waals surface area (Å²) in [5, 5.41) is 8.53. The molecular weight excluding hydrogens is 288 g/mol. The van der Waals surface area contributed by atoms with E-state index in [1.54, 1.807) is 6.26 Å². The van der Waals surface area contributed by atoms with Crippen molar-refractivity contribution in [3.05, 3.63) is 60.6 Å². The molecule has 0 saturated carbocycles. The summed E-state index contributed by atoms with van der Waals surface area (Å²) in [7, 11) is 0. The average Bonchev–Trinajstić information content (AvgIpc) is 3.34. The molecule has 0 bridgehead atoms. The fourth-order valence-electron chi connectivity index (χ4n) is 2.12. The van der Waals surface area contributed by atoms with Gasteiger partial charge >= 0.3 is 5.97 Å². The number of carboxylic acids is 1. The van der Waals surface area contributed by atoms with Gasteiger partial charge in [0, 0.05) is 6.42 Å². The SMILES string of the molecule is O=C(O)CCCCCCCCCC=CC=CC=CC=CC1=CO1. The number of unbranched alkanes of at least 4 members (excludes halogenated alkanes) is 7. The molecule has 0 fully saturated rings. The van der Waals surface area contributed by atoms with Crippen molar-refractivity contribution in [3.63, 3.8) is 0 Å². The summed E-state index contributed by atoms with van der Waals surface area (Å²) < 4.78 is 4.86. The van der Waals surface area contributed by atoms with Gasteiger partial charge in [-0.05, 0) is 25.3 Å². The van der Waals surface area contributed by atoms with E-state index in [9.17, 15) is 4.79 Å². The van der Waals surface area contributed by atoms with E-state index >= 15 is 0 Å². The summed E-state index contributed by atoms with van der Waals surface area (Å²) >= 11 is 0. The first-order valence-electron chi connectivity index (χ1n) is 8.54. The van der Waals surface area contributed by atoms with E-state index in [2.05, 4.69) is 12.2 Å². The van der Waals surface area contributed by atoms with Gasteiger partial charge in [-0.1, -0.05) is 74.6 Å². The summed E-state index contributed by atoms with van der Waals surface area (Å²) in [5.41, 5.74) is 0. The van der Waals surface area contributed by atoms with E-state index in [4.69, 9.17) is 9.84 Å². The molecule has 1 aliphatic rings. The van der Waals surface area contributed by atoms with Crippen LogP contribution in [0.2, 0.25) is 0 Å². The predicted octanol–water partition coefficient (Wildman–Crippen LogP) is 5.68. The van der Waals surface area contributed by atoms with Crippen LogP contribution in [0.1, 0.15) is 57.8 Å². The van der Waals surface area contributed by atoms with E-state index in [1.807, 2.05) is 36.5 Å². The molecule has 0 aromatic rings. The molecule has 0 aromatic carbocycles.